The minimum Gasteiger partial charge on any atom is -0.490 e. The van der Waals surface area contributed by atoms with Crippen molar-refractivity contribution in [3.8, 4) is 11.5 Å². The van der Waals surface area contributed by atoms with Crippen molar-refractivity contribution in [3.05, 3.63) is 95.3 Å². The SMILES string of the molecule is CCOc1cc(/C=N\NC(=O)C(=O)N[C@@H](C)c2ccccc2)ccc1OCc1ccc(F)cc1. The maximum Gasteiger partial charge on any atom is 0.329 e. The summed E-state index contributed by atoms with van der Waals surface area (Å²) in [5.41, 5.74) is 4.56. The number of hydrogen-bond donors (Lipinski definition) is 2. The van der Waals surface area contributed by atoms with Gasteiger partial charge in [0.15, 0.2) is 11.5 Å². The minimum absolute atomic E-state index is 0.250. The smallest absolute Gasteiger partial charge is 0.329 e. The molecule has 176 valence electrons. The van der Waals surface area contributed by atoms with E-state index < -0.39 is 11.8 Å². The Kier molecular flexibility index (Phi) is 8.73. The summed E-state index contributed by atoms with van der Waals surface area (Å²) in [4.78, 5) is 24.2. The van der Waals surface area contributed by atoms with Crippen LogP contribution < -0.4 is 20.2 Å². The van der Waals surface area contributed by atoms with Crippen LogP contribution in [0, 0.1) is 5.82 Å². The predicted molar refractivity (Wildman–Crippen MR) is 127 cm³/mol. The topological polar surface area (TPSA) is 89.0 Å². The highest BCUT2D eigenvalue weighted by molar-refractivity contribution is 6.35. The Morgan fingerprint density at radius 2 is 1.71 bits per heavy atom. The minimum atomic E-state index is -0.872. The van der Waals surface area contributed by atoms with E-state index in [9.17, 15) is 14.0 Å². The van der Waals surface area contributed by atoms with E-state index in [0.29, 0.717) is 23.7 Å². The van der Waals surface area contributed by atoms with Gasteiger partial charge in [-0.25, -0.2) is 9.82 Å². The van der Waals surface area contributed by atoms with Gasteiger partial charge >= 0.3 is 11.8 Å². The van der Waals surface area contributed by atoms with Crippen molar-refractivity contribution in [1.29, 1.82) is 0 Å². The fourth-order valence-electron chi connectivity index (χ4n) is 3.04. The van der Waals surface area contributed by atoms with Crippen molar-refractivity contribution >= 4 is 18.0 Å². The largest absolute Gasteiger partial charge is 0.490 e. The third-order valence-electron chi connectivity index (χ3n) is 4.81. The van der Waals surface area contributed by atoms with Crippen LogP contribution in [-0.2, 0) is 16.2 Å². The van der Waals surface area contributed by atoms with Crippen molar-refractivity contribution in [1.82, 2.24) is 10.7 Å². The van der Waals surface area contributed by atoms with E-state index in [4.69, 9.17) is 9.47 Å². The Morgan fingerprint density at radius 3 is 2.41 bits per heavy atom. The predicted octanol–water partition coefficient (Wildman–Crippen LogP) is 4.13. The van der Waals surface area contributed by atoms with Crippen molar-refractivity contribution in [2.45, 2.75) is 26.5 Å². The zero-order chi connectivity index (χ0) is 24.3. The number of benzene rings is 3. The van der Waals surface area contributed by atoms with Gasteiger partial charge in [-0.2, -0.15) is 5.10 Å². The molecule has 1 atom stereocenters. The molecule has 8 heteroatoms. The summed E-state index contributed by atoms with van der Waals surface area (Å²) in [7, 11) is 0. The number of rotatable bonds is 9. The molecule has 0 saturated carbocycles. The van der Waals surface area contributed by atoms with Crippen LogP contribution in [0.15, 0.2) is 77.9 Å². The molecule has 2 N–H and O–H groups in total. The molecule has 0 aliphatic rings. The quantitative estimate of drug-likeness (QED) is 0.284. The van der Waals surface area contributed by atoms with E-state index in [0.717, 1.165) is 11.1 Å². The van der Waals surface area contributed by atoms with Gasteiger partial charge < -0.3 is 14.8 Å². The van der Waals surface area contributed by atoms with Crippen LogP contribution in [0.1, 0.15) is 36.6 Å². The molecule has 3 rings (SSSR count). The van der Waals surface area contributed by atoms with Crippen LogP contribution in [0.25, 0.3) is 0 Å². The molecule has 3 aromatic carbocycles. The molecule has 0 radical (unpaired) electrons. The second kappa shape index (κ2) is 12.2. The Labute approximate surface area is 197 Å². The molecule has 0 fully saturated rings. The molecule has 34 heavy (non-hydrogen) atoms. The summed E-state index contributed by atoms with van der Waals surface area (Å²) in [6, 6.07) is 20.2. The molecule has 2 amide bonds. The number of nitrogens with one attached hydrogen (secondary N) is 2. The van der Waals surface area contributed by atoms with Crippen molar-refractivity contribution < 1.29 is 23.5 Å². The van der Waals surface area contributed by atoms with Gasteiger partial charge in [0, 0.05) is 0 Å². The zero-order valence-electron chi connectivity index (χ0n) is 19.0. The first-order valence-electron chi connectivity index (χ1n) is 10.8. The lowest BCUT2D eigenvalue weighted by atomic mass is 10.1. The van der Waals surface area contributed by atoms with Crippen LogP contribution in [0.2, 0.25) is 0 Å². The van der Waals surface area contributed by atoms with Crippen LogP contribution in [0.5, 0.6) is 11.5 Å². The van der Waals surface area contributed by atoms with E-state index in [-0.39, 0.29) is 18.5 Å². The van der Waals surface area contributed by atoms with Crippen LogP contribution in [-0.4, -0.2) is 24.6 Å². The van der Waals surface area contributed by atoms with Gasteiger partial charge in [0.1, 0.15) is 12.4 Å². The first-order valence-corrected chi connectivity index (χ1v) is 10.8. The molecule has 0 unspecified atom stereocenters. The summed E-state index contributed by atoms with van der Waals surface area (Å²) >= 11 is 0. The summed E-state index contributed by atoms with van der Waals surface area (Å²) in [6.07, 6.45) is 1.40. The second-order valence-corrected chi connectivity index (χ2v) is 7.36. The summed E-state index contributed by atoms with van der Waals surface area (Å²) in [5, 5.41) is 6.48. The van der Waals surface area contributed by atoms with Crippen LogP contribution in [0.3, 0.4) is 0 Å². The Balaban J connectivity index is 1.56. The first-order chi connectivity index (χ1) is 16.5. The highest BCUT2D eigenvalue weighted by Gasteiger charge is 2.16. The molecule has 3 aromatic rings. The van der Waals surface area contributed by atoms with Gasteiger partial charge in [-0.1, -0.05) is 42.5 Å². The number of amides is 2. The van der Waals surface area contributed by atoms with E-state index in [1.807, 2.05) is 37.3 Å². The van der Waals surface area contributed by atoms with Crippen LogP contribution >= 0.6 is 0 Å². The molecule has 0 aliphatic carbocycles. The van der Waals surface area contributed by atoms with Gasteiger partial charge in [0.2, 0.25) is 0 Å². The molecule has 0 bridgehead atoms. The van der Waals surface area contributed by atoms with E-state index in [1.165, 1.54) is 18.3 Å². The first kappa shape index (κ1) is 24.4. The summed E-state index contributed by atoms with van der Waals surface area (Å²) in [6.45, 7) is 4.31. The van der Waals surface area contributed by atoms with Crippen molar-refractivity contribution in [2.24, 2.45) is 5.10 Å². The fraction of sp³-hybridized carbons (Fsp3) is 0.192. The lowest BCUT2D eigenvalue weighted by Crippen LogP contribution is -2.39. The van der Waals surface area contributed by atoms with Gasteiger partial charge in [0.25, 0.3) is 0 Å². The fourth-order valence-corrected chi connectivity index (χ4v) is 3.04. The second-order valence-electron chi connectivity index (χ2n) is 7.36. The molecule has 0 heterocycles. The van der Waals surface area contributed by atoms with E-state index >= 15 is 0 Å². The average molecular weight is 464 g/mol. The maximum absolute atomic E-state index is 13.1. The standard InChI is InChI=1S/C26H26FN3O4/c1-3-33-24-15-20(11-14-23(24)34-17-19-9-12-22(27)13-10-19)16-28-30-26(32)25(31)29-18(2)21-7-5-4-6-8-21/h4-16,18H,3,17H2,1-2H3,(H,29,31)(H,30,32)/b28-16-/t18-/m0/s1. The number of carbonyl (C=O) groups excluding carboxylic acids is 2. The molecule has 0 aliphatic heterocycles. The normalized spacial score (nSPS) is 11.6. The third kappa shape index (κ3) is 7.16. The van der Waals surface area contributed by atoms with Crippen molar-refractivity contribution in [3.63, 3.8) is 0 Å². The van der Waals surface area contributed by atoms with Gasteiger partial charge in [-0.05, 0) is 60.9 Å². The molecule has 0 saturated heterocycles. The summed E-state index contributed by atoms with van der Waals surface area (Å²) in [5.74, 6) is -0.954. The number of halogens is 1. The average Bonchev–Trinajstić information content (AvgIpc) is 2.85. The molecular formula is C26H26FN3O4. The summed E-state index contributed by atoms with van der Waals surface area (Å²) < 4.78 is 24.5. The highest BCUT2D eigenvalue weighted by atomic mass is 19.1. The van der Waals surface area contributed by atoms with E-state index in [2.05, 4.69) is 15.8 Å². The lowest BCUT2D eigenvalue weighted by Gasteiger charge is -2.13. The Hall–Kier alpha value is -4.20. The molecule has 0 spiro atoms. The van der Waals surface area contributed by atoms with Gasteiger partial charge in [-0.15, -0.1) is 0 Å². The maximum atomic E-state index is 13.1. The Bertz CT molecular complexity index is 1130. The number of hydrazone groups is 1. The van der Waals surface area contributed by atoms with Gasteiger partial charge in [-0.3, -0.25) is 9.59 Å². The zero-order valence-corrected chi connectivity index (χ0v) is 19.0. The highest BCUT2D eigenvalue weighted by Crippen LogP contribution is 2.29. The molecule has 0 aromatic heterocycles. The molecular weight excluding hydrogens is 437 g/mol. The van der Waals surface area contributed by atoms with Crippen LogP contribution in [0.4, 0.5) is 4.39 Å². The lowest BCUT2D eigenvalue weighted by molar-refractivity contribution is -0.139. The van der Waals surface area contributed by atoms with E-state index in [1.54, 1.807) is 37.3 Å². The Morgan fingerprint density at radius 1 is 0.971 bits per heavy atom. The van der Waals surface area contributed by atoms with Crippen molar-refractivity contribution in [2.75, 3.05) is 6.61 Å². The number of nitrogens with zero attached hydrogens (tertiary/aromatic N) is 1. The molecule has 7 nitrogen and oxygen atoms in total. The number of hydrogen-bond acceptors (Lipinski definition) is 5. The number of ether oxygens (including phenoxy) is 2. The monoisotopic (exact) mass is 463 g/mol. The van der Waals surface area contributed by atoms with Gasteiger partial charge in [0.05, 0.1) is 18.9 Å². The third-order valence-corrected chi connectivity index (χ3v) is 4.81. The number of carbonyl (C=O) groups is 2.